The van der Waals surface area contributed by atoms with Crippen LogP contribution in [0, 0.1) is 0 Å². The second kappa shape index (κ2) is 15.1. The summed E-state index contributed by atoms with van der Waals surface area (Å²) in [7, 11) is 0. The van der Waals surface area contributed by atoms with Crippen LogP contribution in [-0.4, -0.2) is 37.8 Å². The van der Waals surface area contributed by atoms with Gasteiger partial charge in [0.1, 0.15) is 5.69 Å². The molecule has 254 valence electrons. The molecule has 51 heavy (non-hydrogen) atoms. The Balaban J connectivity index is 0.990. The molecule has 3 heterocycles. The number of hydrogen-bond donors (Lipinski definition) is 2. The summed E-state index contributed by atoms with van der Waals surface area (Å²) in [6.45, 7) is 0.346. The normalized spacial score (nSPS) is 17.5. The Morgan fingerprint density at radius 1 is 0.784 bits per heavy atom. The van der Waals surface area contributed by atoms with E-state index in [9.17, 15) is 9.90 Å². The number of rotatable bonds is 10. The van der Waals surface area contributed by atoms with Crippen molar-refractivity contribution in [2.45, 2.75) is 42.4 Å². The number of carbonyl (C=O) groups excluding carboxylic acids is 1. The summed E-state index contributed by atoms with van der Waals surface area (Å²) in [5.41, 5.74) is 8.56. The molecular formula is C41H34N4O4S2. The van der Waals surface area contributed by atoms with Crippen LogP contribution >= 0.6 is 23.1 Å². The number of nitrogens with one attached hydrogen (secondary N) is 1. The molecule has 1 aliphatic heterocycles. The molecule has 1 amide bonds. The molecule has 3 unspecified atom stereocenters. The molecule has 2 aromatic heterocycles. The second-order valence-corrected chi connectivity index (χ2v) is 14.7. The SMILES string of the molecule is O=C(NCc1cccc(-c2cccc(C3OC(CSc4nc5ccccc5s4)CC(c4ccc(CO)cc4)O3)c2)c1)c1cnc2ccccc2n1. The van der Waals surface area contributed by atoms with Gasteiger partial charge in [0, 0.05) is 24.3 Å². The number of benzene rings is 5. The number of carbonyl (C=O) groups is 1. The van der Waals surface area contributed by atoms with Gasteiger partial charge in [-0.1, -0.05) is 96.7 Å². The molecule has 1 aliphatic rings. The molecule has 0 spiro atoms. The van der Waals surface area contributed by atoms with Crippen molar-refractivity contribution in [2.24, 2.45) is 0 Å². The zero-order valence-electron chi connectivity index (χ0n) is 27.5. The van der Waals surface area contributed by atoms with E-state index in [1.54, 1.807) is 23.1 Å². The van der Waals surface area contributed by atoms with Crippen molar-refractivity contribution >= 4 is 50.3 Å². The highest BCUT2D eigenvalue weighted by Crippen LogP contribution is 2.41. The van der Waals surface area contributed by atoms with E-state index in [0.29, 0.717) is 18.5 Å². The molecule has 10 heteroatoms. The van der Waals surface area contributed by atoms with E-state index in [2.05, 4.69) is 45.6 Å². The molecule has 2 N–H and O–H groups in total. The van der Waals surface area contributed by atoms with E-state index < -0.39 is 6.29 Å². The number of amides is 1. The molecule has 0 bridgehead atoms. The standard InChI is InChI=1S/C41H34N4O4S2/c46-24-26-15-17-28(18-16-26)37-21-32(25-50-41-45-35-13-3-4-14-38(35)51-41)48-40(49-37)31-10-6-9-30(20-31)29-8-5-7-27(19-29)22-43-39(47)36-23-42-33-11-1-2-12-34(33)44-36/h1-20,23,32,37,40,46H,21-22,24-25H2,(H,43,47). The Labute approximate surface area is 303 Å². The van der Waals surface area contributed by atoms with Gasteiger partial charge in [0.2, 0.25) is 0 Å². The van der Waals surface area contributed by atoms with Crippen LogP contribution in [-0.2, 0) is 22.6 Å². The number of hydrogen-bond acceptors (Lipinski definition) is 9. The lowest BCUT2D eigenvalue weighted by molar-refractivity contribution is -0.245. The third kappa shape index (κ3) is 7.70. The summed E-state index contributed by atoms with van der Waals surface area (Å²) >= 11 is 3.42. The average Bonchev–Trinajstić information content (AvgIpc) is 3.62. The lowest BCUT2D eigenvalue weighted by Gasteiger charge is -2.36. The van der Waals surface area contributed by atoms with E-state index in [4.69, 9.17) is 14.5 Å². The van der Waals surface area contributed by atoms with Crippen molar-refractivity contribution < 1.29 is 19.4 Å². The molecule has 1 fully saturated rings. The fraction of sp³-hybridized carbons (Fsp3) is 0.171. The average molecular weight is 711 g/mol. The molecule has 5 aromatic carbocycles. The molecule has 0 aliphatic carbocycles. The first-order chi connectivity index (χ1) is 25.1. The van der Waals surface area contributed by atoms with Gasteiger partial charge in [-0.05, 0) is 64.2 Å². The minimum absolute atomic E-state index is 0.00152. The lowest BCUT2D eigenvalue weighted by Crippen LogP contribution is -2.31. The molecular weight excluding hydrogens is 677 g/mol. The summed E-state index contributed by atoms with van der Waals surface area (Å²) in [4.78, 5) is 26.6. The number of ether oxygens (including phenoxy) is 2. The predicted octanol–water partition coefficient (Wildman–Crippen LogP) is 8.67. The number of thiazole rings is 1. The van der Waals surface area contributed by atoms with Crippen molar-refractivity contribution in [3.8, 4) is 11.1 Å². The van der Waals surface area contributed by atoms with Crippen LogP contribution in [0.2, 0.25) is 0 Å². The number of aliphatic hydroxyl groups is 1. The van der Waals surface area contributed by atoms with Gasteiger partial charge < -0.3 is 19.9 Å². The van der Waals surface area contributed by atoms with Gasteiger partial charge in [-0.2, -0.15) is 0 Å². The number of fused-ring (bicyclic) bond motifs is 2. The van der Waals surface area contributed by atoms with Gasteiger partial charge in [-0.25, -0.2) is 9.97 Å². The topological polar surface area (TPSA) is 106 Å². The smallest absolute Gasteiger partial charge is 0.271 e. The van der Waals surface area contributed by atoms with Crippen LogP contribution in [0.3, 0.4) is 0 Å². The van der Waals surface area contributed by atoms with Gasteiger partial charge in [0.15, 0.2) is 10.6 Å². The predicted molar refractivity (Wildman–Crippen MR) is 201 cm³/mol. The number of para-hydroxylation sites is 3. The number of thioether (sulfide) groups is 1. The monoisotopic (exact) mass is 710 g/mol. The largest absolute Gasteiger partial charge is 0.392 e. The first-order valence-electron chi connectivity index (χ1n) is 16.8. The molecule has 0 saturated carbocycles. The zero-order valence-corrected chi connectivity index (χ0v) is 29.1. The number of aliphatic hydroxyl groups excluding tert-OH is 1. The summed E-state index contributed by atoms with van der Waals surface area (Å²) in [6.07, 6.45) is 1.37. The van der Waals surface area contributed by atoms with Crippen LogP contribution in [0.1, 0.15) is 51.6 Å². The van der Waals surface area contributed by atoms with Crippen molar-refractivity contribution in [3.63, 3.8) is 0 Å². The third-order valence-electron chi connectivity index (χ3n) is 8.84. The Hall–Kier alpha value is -4.97. The Morgan fingerprint density at radius 3 is 2.37 bits per heavy atom. The van der Waals surface area contributed by atoms with Crippen molar-refractivity contribution in [1.29, 1.82) is 0 Å². The summed E-state index contributed by atoms with van der Waals surface area (Å²) in [5.74, 6) is 0.465. The first kappa shape index (κ1) is 33.2. The van der Waals surface area contributed by atoms with Gasteiger partial charge in [-0.15, -0.1) is 11.3 Å². The maximum atomic E-state index is 12.9. The van der Waals surface area contributed by atoms with E-state index in [0.717, 1.165) is 54.5 Å². The molecule has 1 saturated heterocycles. The van der Waals surface area contributed by atoms with Gasteiger partial charge in [-0.3, -0.25) is 9.78 Å². The fourth-order valence-electron chi connectivity index (χ4n) is 6.16. The van der Waals surface area contributed by atoms with Crippen molar-refractivity contribution in [1.82, 2.24) is 20.3 Å². The molecule has 8 rings (SSSR count). The van der Waals surface area contributed by atoms with Crippen LogP contribution < -0.4 is 5.32 Å². The molecule has 8 nitrogen and oxygen atoms in total. The highest BCUT2D eigenvalue weighted by atomic mass is 32.2. The van der Waals surface area contributed by atoms with Crippen LogP contribution in [0.15, 0.2) is 132 Å². The summed E-state index contributed by atoms with van der Waals surface area (Å²) < 4.78 is 15.5. The zero-order chi connectivity index (χ0) is 34.6. The maximum absolute atomic E-state index is 12.9. The fourth-order valence-corrected chi connectivity index (χ4v) is 8.28. The van der Waals surface area contributed by atoms with Gasteiger partial charge in [0.25, 0.3) is 5.91 Å². The highest BCUT2D eigenvalue weighted by molar-refractivity contribution is 8.01. The van der Waals surface area contributed by atoms with Crippen LogP contribution in [0.25, 0.3) is 32.4 Å². The Morgan fingerprint density at radius 2 is 1.55 bits per heavy atom. The van der Waals surface area contributed by atoms with Gasteiger partial charge >= 0.3 is 0 Å². The van der Waals surface area contributed by atoms with E-state index in [1.165, 1.54) is 10.9 Å². The third-order valence-corrected chi connectivity index (χ3v) is 11.1. The first-order valence-corrected chi connectivity index (χ1v) is 18.6. The van der Waals surface area contributed by atoms with Gasteiger partial charge in [0.05, 0.1) is 46.3 Å². The van der Waals surface area contributed by atoms with E-state index in [1.807, 2.05) is 91.0 Å². The Bertz CT molecular complexity index is 2280. The van der Waals surface area contributed by atoms with Crippen molar-refractivity contribution in [2.75, 3.05) is 5.75 Å². The summed E-state index contributed by atoms with van der Waals surface area (Å²) in [5, 5.41) is 12.6. The van der Waals surface area contributed by atoms with Crippen LogP contribution in [0.4, 0.5) is 0 Å². The lowest BCUT2D eigenvalue weighted by atomic mass is 9.99. The quantitative estimate of drug-likeness (QED) is 0.136. The second-order valence-electron chi connectivity index (χ2n) is 12.4. The minimum Gasteiger partial charge on any atom is -0.392 e. The maximum Gasteiger partial charge on any atom is 0.271 e. The number of nitrogens with zero attached hydrogens (tertiary/aromatic N) is 3. The Kier molecular flexibility index (Phi) is 9.83. The molecule has 0 radical (unpaired) electrons. The van der Waals surface area contributed by atoms with E-state index >= 15 is 0 Å². The van der Waals surface area contributed by atoms with E-state index in [-0.39, 0.29) is 30.4 Å². The number of aromatic nitrogens is 3. The molecule has 7 aromatic rings. The van der Waals surface area contributed by atoms with Crippen LogP contribution in [0.5, 0.6) is 0 Å². The minimum atomic E-state index is -0.576. The van der Waals surface area contributed by atoms with Crippen molar-refractivity contribution in [3.05, 3.63) is 155 Å². The molecule has 3 atom stereocenters. The summed E-state index contributed by atoms with van der Waals surface area (Å²) in [6, 6.07) is 40.0. The highest BCUT2D eigenvalue weighted by Gasteiger charge is 2.32.